The molecule has 0 aromatic heterocycles. The third-order valence-corrected chi connectivity index (χ3v) is 4.04. The highest BCUT2D eigenvalue weighted by Gasteiger charge is 2.02. The topological polar surface area (TPSA) is 47.9 Å². The molecule has 4 heteroatoms. The Labute approximate surface area is 137 Å². The second kappa shape index (κ2) is 18.9. The first-order valence-corrected chi connectivity index (χ1v) is 9.19. The molecule has 0 aromatic carbocycles. The lowest BCUT2D eigenvalue weighted by atomic mass is 9.96. The molecule has 134 valence electrons. The molecule has 0 heterocycles. The van der Waals surface area contributed by atoms with Crippen LogP contribution in [0, 0.1) is 5.92 Å². The van der Waals surface area contributed by atoms with Crippen LogP contribution in [0.5, 0.6) is 0 Å². The summed E-state index contributed by atoms with van der Waals surface area (Å²) in [5.74, 6) is 0.942. The van der Waals surface area contributed by atoms with E-state index in [9.17, 15) is 0 Å². The zero-order chi connectivity index (χ0) is 16.3. The molecule has 0 atom stereocenters. The third kappa shape index (κ3) is 16.2. The summed E-state index contributed by atoms with van der Waals surface area (Å²) in [4.78, 5) is 0. The lowest BCUT2D eigenvalue weighted by Gasteiger charge is -2.11. The molecule has 0 rings (SSSR count). The van der Waals surface area contributed by atoms with E-state index in [1.807, 2.05) is 0 Å². The van der Waals surface area contributed by atoms with Crippen molar-refractivity contribution in [3.8, 4) is 0 Å². The van der Waals surface area contributed by atoms with E-state index in [-0.39, 0.29) is 6.61 Å². The fourth-order valence-corrected chi connectivity index (χ4v) is 2.47. The van der Waals surface area contributed by atoms with Gasteiger partial charge in [-0.15, -0.1) is 0 Å². The quantitative estimate of drug-likeness (QED) is 0.390. The van der Waals surface area contributed by atoms with Gasteiger partial charge in [0, 0.05) is 6.61 Å². The van der Waals surface area contributed by atoms with Crippen molar-refractivity contribution >= 4 is 0 Å². The van der Waals surface area contributed by atoms with E-state index < -0.39 is 0 Å². The molecular weight excluding hydrogens is 280 g/mol. The first-order chi connectivity index (χ1) is 10.8. The monoisotopic (exact) mass is 318 g/mol. The molecule has 0 saturated carbocycles. The molecule has 1 N–H and O–H groups in total. The normalized spacial score (nSPS) is 11.5. The van der Waals surface area contributed by atoms with Gasteiger partial charge in [0.1, 0.15) is 0 Å². The maximum atomic E-state index is 8.52. The Morgan fingerprint density at radius 1 is 0.636 bits per heavy atom. The molecule has 0 aliphatic rings. The van der Waals surface area contributed by atoms with Crippen LogP contribution in [0.25, 0.3) is 0 Å². The molecule has 0 aliphatic heterocycles. The highest BCUT2D eigenvalue weighted by atomic mass is 16.5. The lowest BCUT2D eigenvalue weighted by Crippen LogP contribution is -2.11. The van der Waals surface area contributed by atoms with Crippen molar-refractivity contribution in [3.05, 3.63) is 0 Å². The van der Waals surface area contributed by atoms with Gasteiger partial charge in [0.05, 0.1) is 39.6 Å². The Balaban J connectivity index is 3.02. The maximum Gasteiger partial charge on any atom is 0.0701 e. The van der Waals surface area contributed by atoms with Crippen LogP contribution in [0.1, 0.15) is 65.2 Å². The second-order valence-corrected chi connectivity index (χ2v) is 5.80. The summed E-state index contributed by atoms with van der Waals surface area (Å²) < 4.78 is 16.0. The van der Waals surface area contributed by atoms with Gasteiger partial charge in [-0.1, -0.05) is 58.8 Å². The van der Waals surface area contributed by atoms with Crippen LogP contribution in [0.4, 0.5) is 0 Å². The van der Waals surface area contributed by atoms with E-state index in [1.54, 1.807) is 0 Å². The molecule has 0 amide bonds. The van der Waals surface area contributed by atoms with Crippen molar-refractivity contribution in [2.75, 3.05) is 46.2 Å². The Kier molecular flexibility index (Phi) is 18.8. The van der Waals surface area contributed by atoms with Crippen molar-refractivity contribution in [3.63, 3.8) is 0 Å². The van der Waals surface area contributed by atoms with E-state index in [0.29, 0.717) is 33.0 Å². The van der Waals surface area contributed by atoms with Crippen molar-refractivity contribution in [1.82, 2.24) is 0 Å². The average Bonchev–Trinajstić information content (AvgIpc) is 2.55. The largest absolute Gasteiger partial charge is 0.394 e. The summed E-state index contributed by atoms with van der Waals surface area (Å²) >= 11 is 0. The van der Waals surface area contributed by atoms with Crippen molar-refractivity contribution < 1.29 is 19.3 Å². The van der Waals surface area contributed by atoms with E-state index >= 15 is 0 Å². The van der Waals surface area contributed by atoms with Gasteiger partial charge >= 0.3 is 0 Å². The Bertz CT molecular complexity index is 196. The summed E-state index contributed by atoms with van der Waals surface area (Å²) in [5.41, 5.74) is 0. The Morgan fingerprint density at radius 3 is 1.73 bits per heavy atom. The number of hydrogen-bond donors (Lipinski definition) is 1. The van der Waals surface area contributed by atoms with Crippen LogP contribution < -0.4 is 0 Å². The standard InChI is InChI=1S/C18H38O4/c1-3-18(4-2)10-8-6-5-7-9-12-20-14-16-22-17-15-21-13-11-19/h18-19H,3-17H2,1-2H3. The Hall–Kier alpha value is -0.160. The van der Waals surface area contributed by atoms with Crippen LogP contribution in [-0.4, -0.2) is 51.4 Å². The van der Waals surface area contributed by atoms with Gasteiger partial charge in [0.2, 0.25) is 0 Å². The number of aliphatic hydroxyl groups is 1. The molecule has 0 aliphatic carbocycles. The van der Waals surface area contributed by atoms with Gasteiger partial charge in [-0.25, -0.2) is 0 Å². The molecule has 0 spiro atoms. The van der Waals surface area contributed by atoms with E-state index in [0.717, 1.165) is 18.9 Å². The van der Waals surface area contributed by atoms with Crippen LogP contribution in [0.15, 0.2) is 0 Å². The number of ether oxygens (including phenoxy) is 3. The number of hydrogen-bond acceptors (Lipinski definition) is 4. The molecule has 22 heavy (non-hydrogen) atoms. The van der Waals surface area contributed by atoms with Gasteiger partial charge in [-0.05, 0) is 12.3 Å². The first kappa shape index (κ1) is 21.8. The number of unbranched alkanes of at least 4 members (excludes halogenated alkanes) is 4. The van der Waals surface area contributed by atoms with Crippen LogP contribution in [0.3, 0.4) is 0 Å². The highest BCUT2D eigenvalue weighted by molar-refractivity contribution is 4.55. The van der Waals surface area contributed by atoms with Gasteiger partial charge in [0.25, 0.3) is 0 Å². The predicted octanol–water partition coefficient (Wildman–Crippen LogP) is 3.81. The number of rotatable bonds is 18. The highest BCUT2D eigenvalue weighted by Crippen LogP contribution is 2.17. The molecule has 0 radical (unpaired) electrons. The zero-order valence-electron chi connectivity index (χ0n) is 14.9. The van der Waals surface area contributed by atoms with Crippen molar-refractivity contribution in [2.45, 2.75) is 65.2 Å². The van der Waals surface area contributed by atoms with Crippen LogP contribution >= 0.6 is 0 Å². The fourth-order valence-electron chi connectivity index (χ4n) is 2.47. The summed E-state index contributed by atoms with van der Waals surface area (Å²) in [7, 11) is 0. The lowest BCUT2D eigenvalue weighted by molar-refractivity contribution is 0.00719. The molecular formula is C18H38O4. The predicted molar refractivity (Wildman–Crippen MR) is 91.3 cm³/mol. The molecule has 0 fully saturated rings. The van der Waals surface area contributed by atoms with Gasteiger partial charge in [-0.3, -0.25) is 0 Å². The molecule has 0 bridgehead atoms. The van der Waals surface area contributed by atoms with Crippen molar-refractivity contribution in [1.29, 1.82) is 0 Å². The summed E-state index contributed by atoms with van der Waals surface area (Å²) in [6, 6.07) is 0. The van der Waals surface area contributed by atoms with E-state index in [4.69, 9.17) is 19.3 Å². The molecule has 0 aromatic rings. The van der Waals surface area contributed by atoms with E-state index in [2.05, 4.69) is 13.8 Å². The molecule has 0 saturated heterocycles. The maximum absolute atomic E-state index is 8.52. The van der Waals surface area contributed by atoms with E-state index in [1.165, 1.54) is 44.9 Å². The van der Waals surface area contributed by atoms with Gasteiger partial charge in [0.15, 0.2) is 0 Å². The first-order valence-electron chi connectivity index (χ1n) is 9.19. The van der Waals surface area contributed by atoms with Crippen molar-refractivity contribution in [2.24, 2.45) is 5.92 Å². The Morgan fingerprint density at radius 2 is 1.14 bits per heavy atom. The summed E-state index contributed by atoms with van der Waals surface area (Å²) in [5, 5.41) is 8.52. The molecule has 4 nitrogen and oxygen atoms in total. The minimum atomic E-state index is 0.0703. The SMILES string of the molecule is CCC(CC)CCCCCCCOCCOCCOCCO. The van der Waals surface area contributed by atoms with Crippen LogP contribution in [-0.2, 0) is 14.2 Å². The zero-order valence-corrected chi connectivity index (χ0v) is 14.9. The number of aliphatic hydroxyl groups excluding tert-OH is 1. The minimum Gasteiger partial charge on any atom is -0.394 e. The summed E-state index contributed by atoms with van der Waals surface area (Å²) in [6.45, 7) is 8.30. The fraction of sp³-hybridized carbons (Fsp3) is 1.00. The van der Waals surface area contributed by atoms with Gasteiger partial charge < -0.3 is 19.3 Å². The second-order valence-electron chi connectivity index (χ2n) is 5.80. The average molecular weight is 318 g/mol. The van der Waals surface area contributed by atoms with Crippen LogP contribution in [0.2, 0.25) is 0 Å². The minimum absolute atomic E-state index is 0.0703. The third-order valence-electron chi connectivity index (χ3n) is 4.04. The summed E-state index contributed by atoms with van der Waals surface area (Å²) in [6.07, 6.45) is 10.6. The molecule has 0 unspecified atom stereocenters. The van der Waals surface area contributed by atoms with Gasteiger partial charge in [-0.2, -0.15) is 0 Å². The smallest absolute Gasteiger partial charge is 0.0701 e.